The molecule has 0 saturated carbocycles. The molecule has 19 heavy (non-hydrogen) atoms. The van der Waals surface area contributed by atoms with Gasteiger partial charge in [0.25, 0.3) is 0 Å². The molecule has 1 rings (SSSR count). The summed E-state index contributed by atoms with van der Waals surface area (Å²) >= 11 is 0. The third kappa shape index (κ3) is 4.37. The molecule has 0 saturated heterocycles. The highest BCUT2D eigenvalue weighted by Gasteiger charge is 2.14. The van der Waals surface area contributed by atoms with E-state index in [4.69, 9.17) is 0 Å². The minimum absolute atomic E-state index is 0.678. The first-order chi connectivity index (χ1) is 9.13. The Balaban J connectivity index is 2.92. The van der Waals surface area contributed by atoms with Crippen LogP contribution in [-0.2, 0) is 6.42 Å². The topological polar surface area (TPSA) is 41.1 Å². The molecule has 0 aliphatic rings. The van der Waals surface area contributed by atoms with Crippen molar-refractivity contribution in [3.63, 3.8) is 0 Å². The summed E-state index contributed by atoms with van der Waals surface area (Å²) in [5.74, 6) is 2.73. The summed E-state index contributed by atoms with van der Waals surface area (Å²) < 4.78 is 0. The van der Waals surface area contributed by atoms with Gasteiger partial charge in [-0.3, -0.25) is 0 Å². The van der Waals surface area contributed by atoms with E-state index in [0.29, 0.717) is 5.92 Å². The lowest BCUT2D eigenvalue weighted by Gasteiger charge is -2.24. The second-order valence-electron chi connectivity index (χ2n) is 5.20. The number of anilines is 2. The van der Waals surface area contributed by atoms with Gasteiger partial charge in [0.05, 0.1) is 0 Å². The fourth-order valence-corrected chi connectivity index (χ4v) is 2.14. The molecule has 0 radical (unpaired) electrons. The molecule has 1 unspecified atom stereocenters. The lowest BCUT2D eigenvalue weighted by atomic mass is 10.1. The van der Waals surface area contributed by atoms with E-state index in [1.807, 2.05) is 0 Å². The number of hydrogen-bond acceptors (Lipinski definition) is 4. The molecule has 108 valence electrons. The lowest BCUT2D eigenvalue weighted by Crippen LogP contribution is -2.26. The Hall–Kier alpha value is -1.32. The van der Waals surface area contributed by atoms with E-state index in [1.165, 1.54) is 12.0 Å². The Morgan fingerprint density at radius 1 is 1.26 bits per heavy atom. The minimum Gasteiger partial charge on any atom is -0.370 e. The highest BCUT2D eigenvalue weighted by molar-refractivity contribution is 5.58. The Kier molecular flexibility index (Phi) is 6.60. The second kappa shape index (κ2) is 7.97. The molecule has 4 heteroatoms. The predicted molar refractivity (Wildman–Crippen MR) is 82.9 cm³/mol. The maximum Gasteiger partial charge on any atom is 0.137 e. The summed E-state index contributed by atoms with van der Waals surface area (Å²) in [7, 11) is 2.12. The van der Waals surface area contributed by atoms with E-state index in [9.17, 15) is 0 Å². The van der Waals surface area contributed by atoms with Gasteiger partial charge in [-0.15, -0.1) is 0 Å². The van der Waals surface area contributed by atoms with E-state index in [-0.39, 0.29) is 0 Å². The van der Waals surface area contributed by atoms with Crippen molar-refractivity contribution in [2.75, 3.05) is 30.4 Å². The summed E-state index contributed by atoms with van der Waals surface area (Å²) in [5, 5.41) is 3.40. The van der Waals surface area contributed by atoms with E-state index in [2.05, 4.69) is 54.9 Å². The quantitative estimate of drug-likeness (QED) is 0.782. The van der Waals surface area contributed by atoms with Gasteiger partial charge in [-0.25, -0.2) is 9.97 Å². The normalized spacial score (nSPS) is 12.3. The summed E-state index contributed by atoms with van der Waals surface area (Å²) in [6.07, 6.45) is 4.91. The van der Waals surface area contributed by atoms with Gasteiger partial charge in [0.15, 0.2) is 0 Å². The molecule has 0 amide bonds. The predicted octanol–water partition coefficient (Wildman–Crippen LogP) is 3.34. The number of nitrogens with one attached hydrogen (secondary N) is 1. The highest BCUT2D eigenvalue weighted by Crippen LogP contribution is 2.24. The van der Waals surface area contributed by atoms with Crippen molar-refractivity contribution < 1.29 is 0 Å². The molecule has 1 heterocycles. The van der Waals surface area contributed by atoms with Crippen molar-refractivity contribution in [3.05, 3.63) is 11.9 Å². The van der Waals surface area contributed by atoms with Crippen molar-refractivity contribution >= 4 is 11.6 Å². The van der Waals surface area contributed by atoms with Crippen LogP contribution in [0.15, 0.2) is 6.33 Å². The zero-order chi connectivity index (χ0) is 14.3. The van der Waals surface area contributed by atoms with Gasteiger partial charge in [-0.2, -0.15) is 0 Å². The van der Waals surface area contributed by atoms with Gasteiger partial charge in [-0.05, 0) is 18.8 Å². The Morgan fingerprint density at radius 3 is 2.58 bits per heavy atom. The molecule has 1 aromatic heterocycles. The van der Waals surface area contributed by atoms with Gasteiger partial charge in [0.1, 0.15) is 18.0 Å². The van der Waals surface area contributed by atoms with Crippen molar-refractivity contribution in [2.24, 2.45) is 5.92 Å². The van der Waals surface area contributed by atoms with Crippen molar-refractivity contribution in [1.29, 1.82) is 0 Å². The van der Waals surface area contributed by atoms with E-state index in [1.54, 1.807) is 6.33 Å². The first kappa shape index (κ1) is 15.7. The van der Waals surface area contributed by atoms with Crippen LogP contribution in [0, 0.1) is 5.92 Å². The van der Waals surface area contributed by atoms with Crippen LogP contribution in [0.2, 0.25) is 0 Å². The lowest BCUT2D eigenvalue weighted by molar-refractivity contribution is 0.556. The smallest absolute Gasteiger partial charge is 0.137 e. The maximum absolute atomic E-state index is 4.48. The monoisotopic (exact) mass is 264 g/mol. The summed E-state index contributed by atoms with van der Waals surface area (Å²) in [4.78, 5) is 11.1. The second-order valence-corrected chi connectivity index (χ2v) is 5.20. The maximum atomic E-state index is 4.48. The van der Waals surface area contributed by atoms with Crippen LogP contribution in [-0.4, -0.2) is 30.1 Å². The average Bonchev–Trinajstić information content (AvgIpc) is 2.44. The molecule has 0 bridgehead atoms. The zero-order valence-corrected chi connectivity index (χ0v) is 13.0. The largest absolute Gasteiger partial charge is 0.370 e. The van der Waals surface area contributed by atoms with Gasteiger partial charge in [-0.1, -0.05) is 34.1 Å². The minimum atomic E-state index is 0.678. The van der Waals surface area contributed by atoms with E-state index in [0.717, 1.165) is 37.6 Å². The van der Waals surface area contributed by atoms with E-state index >= 15 is 0 Å². The molecule has 0 aromatic carbocycles. The molecule has 1 atom stereocenters. The molecular weight excluding hydrogens is 236 g/mol. The Bertz CT molecular complexity index is 378. The van der Waals surface area contributed by atoms with Crippen LogP contribution in [0.25, 0.3) is 0 Å². The van der Waals surface area contributed by atoms with Crippen LogP contribution < -0.4 is 10.2 Å². The third-order valence-corrected chi connectivity index (χ3v) is 3.46. The number of rotatable bonds is 8. The van der Waals surface area contributed by atoms with Crippen LogP contribution in [0.5, 0.6) is 0 Å². The van der Waals surface area contributed by atoms with Crippen LogP contribution >= 0.6 is 0 Å². The fraction of sp³-hybridized carbons (Fsp3) is 0.733. The number of aromatic nitrogens is 2. The molecule has 0 spiro atoms. The van der Waals surface area contributed by atoms with Crippen LogP contribution in [0.3, 0.4) is 0 Å². The van der Waals surface area contributed by atoms with Gasteiger partial charge < -0.3 is 10.2 Å². The molecular formula is C15H28N4. The highest BCUT2D eigenvalue weighted by atomic mass is 15.2. The van der Waals surface area contributed by atoms with Crippen molar-refractivity contribution in [1.82, 2.24) is 9.97 Å². The summed E-state index contributed by atoms with van der Waals surface area (Å²) in [6.45, 7) is 10.8. The molecule has 0 aliphatic heterocycles. The van der Waals surface area contributed by atoms with E-state index < -0.39 is 0 Å². The van der Waals surface area contributed by atoms with Crippen molar-refractivity contribution in [2.45, 2.75) is 47.0 Å². The standard InChI is InChI=1S/C15H28N4/c1-6-9-16-14-13(8-3)15(18-11-17-14)19(5)10-12(4)7-2/h11-12H,6-10H2,1-5H3,(H,16,17,18). The first-order valence-electron chi connectivity index (χ1n) is 7.42. The fourth-order valence-electron chi connectivity index (χ4n) is 2.14. The molecule has 0 fully saturated rings. The van der Waals surface area contributed by atoms with Gasteiger partial charge >= 0.3 is 0 Å². The van der Waals surface area contributed by atoms with Crippen LogP contribution in [0.1, 0.15) is 46.1 Å². The first-order valence-corrected chi connectivity index (χ1v) is 7.42. The van der Waals surface area contributed by atoms with Gasteiger partial charge in [0, 0.05) is 25.7 Å². The molecule has 4 nitrogen and oxygen atoms in total. The summed E-state index contributed by atoms with van der Waals surface area (Å²) in [6, 6.07) is 0. The summed E-state index contributed by atoms with van der Waals surface area (Å²) in [5.41, 5.74) is 1.22. The average molecular weight is 264 g/mol. The molecule has 1 N–H and O–H groups in total. The van der Waals surface area contributed by atoms with Crippen LogP contribution in [0.4, 0.5) is 11.6 Å². The number of hydrogen-bond donors (Lipinski definition) is 1. The number of nitrogens with zero attached hydrogens (tertiary/aromatic N) is 3. The Morgan fingerprint density at radius 2 is 2.00 bits per heavy atom. The molecule has 0 aliphatic carbocycles. The Labute approximate surface area is 117 Å². The SMILES string of the molecule is CCCNc1ncnc(N(C)CC(C)CC)c1CC. The molecule has 1 aromatic rings. The zero-order valence-electron chi connectivity index (χ0n) is 13.0. The van der Waals surface area contributed by atoms with Crippen molar-refractivity contribution in [3.8, 4) is 0 Å². The van der Waals surface area contributed by atoms with Gasteiger partial charge in [0.2, 0.25) is 0 Å². The third-order valence-electron chi connectivity index (χ3n) is 3.46.